The lowest BCUT2D eigenvalue weighted by molar-refractivity contribution is -0.118. The van der Waals surface area contributed by atoms with Gasteiger partial charge in [0.05, 0.1) is 6.04 Å². The molecular formula is C11H15NO. The largest absolute Gasteiger partial charge is 0.318 e. The molecule has 0 saturated heterocycles. The maximum Gasteiger partial charge on any atom is 0.150 e. The van der Waals surface area contributed by atoms with Crippen molar-refractivity contribution in [3.05, 3.63) is 35.4 Å². The maximum atomic E-state index is 11.0. The van der Waals surface area contributed by atoms with Gasteiger partial charge in [-0.25, -0.2) is 0 Å². The fourth-order valence-electron chi connectivity index (χ4n) is 1.24. The van der Waals surface area contributed by atoms with Gasteiger partial charge in [-0.05, 0) is 24.5 Å². The third-order valence-corrected chi connectivity index (χ3v) is 2.16. The number of ketones is 1. The van der Waals surface area contributed by atoms with E-state index < -0.39 is 6.04 Å². The number of benzene rings is 1. The molecule has 1 rings (SSSR count). The monoisotopic (exact) mass is 177 g/mol. The lowest BCUT2D eigenvalue weighted by Crippen LogP contribution is -2.18. The van der Waals surface area contributed by atoms with E-state index in [0.29, 0.717) is 0 Å². The van der Waals surface area contributed by atoms with Crippen molar-refractivity contribution in [2.45, 2.75) is 26.3 Å². The summed E-state index contributed by atoms with van der Waals surface area (Å²) in [7, 11) is 0. The Morgan fingerprint density at radius 2 is 2.23 bits per heavy atom. The fourth-order valence-corrected chi connectivity index (χ4v) is 1.24. The number of aryl methyl sites for hydroxylation is 1. The van der Waals surface area contributed by atoms with Crippen LogP contribution in [0.4, 0.5) is 0 Å². The summed E-state index contributed by atoms with van der Waals surface area (Å²) in [5.74, 6) is 0.00764. The fraction of sp³-hybridized carbons (Fsp3) is 0.364. The molecule has 0 saturated carbocycles. The molecule has 0 fully saturated rings. The Morgan fingerprint density at radius 3 is 2.77 bits per heavy atom. The number of nitrogens with two attached hydrogens (primary N) is 1. The average molecular weight is 177 g/mol. The summed E-state index contributed by atoms with van der Waals surface area (Å²) >= 11 is 0. The second-order valence-corrected chi connectivity index (χ2v) is 3.19. The zero-order valence-electron chi connectivity index (χ0n) is 8.08. The Morgan fingerprint density at radius 1 is 1.54 bits per heavy atom. The Bertz CT molecular complexity index is 307. The normalized spacial score (nSPS) is 12.5. The smallest absolute Gasteiger partial charge is 0.150 e. The Kier molecular flexibility index (Phi) is 3.20. The van der Waals surface area contributed by atoms with Crippen molar-refractivity contribution in [3.8, 4) is 0 Å². The molecule has 0 aromatic heterocycles. The van der Waals surface area contributed by atoms with Crippen LogP contribution in [0.5, 0.6) is 0 Å². The molecule has 1 aromatic rings. The summed E-state index contributed by atoms with van der Waals surface area (Å²) in [6.45, 7) is 3.60. The Labute approximate surface area is 78.8 Å². The molecule has 0 aliphatic heterocycles. The topological polar surface area (TPSA) is 43.1 Å². The van der Waals surface area contributed by atoms with Crippen molar-refractivity contribution >= 4 is 5.78 Å². The van der Waals surface area contributed by atoms with Crippen molar-refractivity contribution < 1.29 is 4.79 Å². The van der Waals surface area contributed by atoms with Gasteiger partial charge in [0.2, 0.25) is 0 Å². The molecule has 0 aliphatic rings. The summed E-state index contributed by atoms with van der Waals surface area (Å²) in [5.41, 5.74) is 7.84. The standard InChI is InChI=1S/C11H15NO/c1-3-9-5-4-6-10(7-9)11(12)8(2)13/h4-7,11H,3,12H2,1-2H3. The van der Waals surface area contributed by atoms with Gasteiger partial charge >= 0.3 is 0 Å². The number of rotatable bonds is 3. The van der Waals surface area contributed by atoms with Crippen LogP contribution < -0.4 is 5.73 Å². The van der Waals surface area contributed by atoms with Crippen molar-refractivity contribution in [3.63, 3.8) is 0 Å². The first-order chi connectivity index (χ1) is 6.15. The van der Waals surface area contributed by atoms with E-state index in [-0.39, 0.29) is 5.78 Å². The minimum absolute atomic E-state index is 0.00764. The van der Waals surface area contributed by atoms with Gasteiger partial charge < -0.3 is 5.73 Å². The lowest BCUT2D eigenvalue weighted by atomic mass is 10.0. The van der Waals surface area contributed by atoms with E-state index in [1.54, 1.807) is 0 Å². The van der Waals surface area contributed by atoms with Gasteiger partial charge in [0.15, 0.2) is 5.78 Å². The van der Waals surface area contributed by atoms with Gasteiger partial charge in [0.25, 0.3) is 0 Å². The van der Waals surface area contributed by atoms with Gasteiger partial charge in [-0.15, -0.1) is 0 Å². The molecule has 0 radical (unpaired) electrons. The van der Waals surface area contributed by atoms with Gasteiger partial charge in [-0.2, -0.15) is 0 Å². The van der Waals surface area contributed by atoms with Crippen LogP contribution >= 0.6 is 0 Å². The van der Waals surface area contributed by atoms with Crippen LogP contribution in [0.3, 0.4) is 0 Å². The molecule has 2 nitrogen and oxygen atoms in total. The number of hydrogen-bond donors (Lipinski definition) is 1. The Hall–Kier alpha value is -1.15. The van der Waals surface area contributed by atoms with Crippen molar-refractivity contribution in [1.29, 1.82) is 0 Å². The minimum atomic E-state index is -0.466. The molecule has 2 N–H and O–H groups in total. The van der Waals surface area contributed by atoms with Crippen LogP contribution in [0.1, 0.15) is 31.0 Å². The van der Waals surface area contributed by atoms with E-state index in [1.165, 1.54) is 12.5 Å². The molecule has 1 unspecified atom stereocenters. The zero-order valence-corrected chi connectivity index (χ0v) is 8.08. The molecular weight excluding hydrogens is 162 g/mol. The number of Topliss-reactive ketones (excluding diaryl/α,β-unsaturated/α-hetero) is 1. The highest BCUT2D eigenvalue weighted by Crippen LogP contribution is 2.13. The summed E-state index contributed by atoms with van der Waals surface area (Å²) in [6, 6.07) is 7.40. The lowest BCUT2D eigenvalue weighted by Gasteiger charge is -2.08. The van der Waals surface area contributed by atoms with Crippen LogP contribution in [0.15, 0.2) is 24.3 Å². The van der Waals surface area contributed by atoms with Crippen molar-refractivity contribution in [2.75, 3.05) is 0 Å². The first-order valence-electron chi connectivity index (χ1n) is 4.50. The van der Waals surface area contributed by atoms with Crippen LogP contribution in [0, 0.1) is 0 Å². The van der Waals surface area contributed by atoms with Gasteiger partial charge in [0, 0.05) is 0 Å². The first kappa shape index (κ1) is 9.93. The molecule has 1 atom stereocenters. The summed E-state index contributed by atoms with van der Waals surface area (Å²) in [5, 5.41) is 0. The van der Waals surface area contributed by atoms with Crippen LogP contribution in [-0.4, -0.2) is 5.78 Å². The molecule has 0 spiro atoms. The van der Waals surface area contributed by atoms with E-state index >= 15 is 0 Å². The number of carbonyl (C=O) groups excluding carboxylic acids is 1. The molecule has 0 heterocycles. The molecule has 2 heteroatoms. The summed E-state index contributed by atoms with van der Waals surface area (Å²) in [6.07, 6.45) is 0.971. The maximum absolute atomic E-state index is 11.0. The van der Waals surface area contributed by atoms with Gasteiger partial charge in [0.1, 0.15) is 0 Å². The molecule has 1 aromatic carbocycles. The SMILES string of the molecule is CCc1cccc(C(N)C(C)=O)c1. The molecule has 0 aliphatic carbocycles. The van der Waals surface area contributed by atoms with E-state index in [0.717, 1.165) is 12.0 Å². The van der Waals surface area contributed by atoms with Crippen LogP contribution in [0.2, 0.25) is 0 Å². The van der Waals surface area contributed by atoms with Gasteiger partial charge in [-0.3, -0.25) is 4.79 Å². The molecule has 0 amide bonds. The van der Waals surface area contributed by atoms with Crippen LogP contribution in [-0.2, 0) is 11.2 Å². The van der Waals surface area contributed by atoms with Gasteiger partial charge in [-0.1, -0.05) is 31.2 Å². The van der Waals surface area contributed by atoms with E-state index in [1.807, 2.05) is 24.3 Å². The van der Waals surface area contributed by atoms with E-state index in [2.05, 4.69) is 6.92 Å². The minimum Gasteiger partial charge on any atom is -0.318 e. The first-order valence-corrected chi connectivity index (χ1v) is 4.50. The predicted octanol–water partition coefficient (Wildman–Crippen LogP) is 1.84. The predicted molar refractivity (Wildman–Crippen MR) is 53.4 cm³/mol. The summed E-state index contributed by atoms with van der Waals surface area (Å²) in [4.78, 5) is 11.0. The molecule has 70 valence electrons. The molecule has 13 heavy (non-hydrogen) atoms. The quantitative estimate of drug-likeness (QED) is 0.765. The Balaban J connectivity index is 2.94. The highest BCUT2D eigenvalue weighted by molar-refractivity contribution is 5.82. The average Bonchev–Trinajstić information content (AvgIpc) is 2.16. The highest BCUT2D eigenvalue weighted by Gasteiger charge is 2.10. The number of hydrogen-bond acceptors (Lipinski definition) is 2. The second-order valence-electron chi connectivity index (χ2n) is 3.19. The van der Waals surface area contributed by atoms with Crippen LogP contribution in [0.25, 0.3) is 0 Å². The zero-order chi connectivity index (χ0) is 9.84. The van der Waals surface area contributed by atoms with Crippen molar-refractivity contribution in [2.24, 2.45) is 5.73 Å². The van der Waals surface area contributed by atoms with E-state index in [4.69, 9.17) is 5.73 Å². The second kappa shape index (κ2) is 4.19. The third-order valence-electron chi connectivity index (χ3n) is 2.16. The van der Waals surface area contributed by atoms with Crippen molar-refractivity contribution in [1.82, 2.24) is 0 Å². The number of carbonyl (C=O) groups is 1. The summed E-state index contributed by atoms with van der Waals surface area (Å²) < 4.78 is 0. The highest BCUT2D eigenvalue weighted by atomic mass is 16.1. The third kappa shape index (κ3) is 2.39. The molecule has 0 bridgehead atoms. The van der Waals surface area contributed by atoms with E-state index in [9.17, 15) is 4.79 Å².